The first-order valence-electron chi connectivity index (χ1n) is 18.7. The lowest BCUT2D eigenvalue weighted by molar-refractivity contribution is -0.157. The molecule has 1 N–H and O–H groups in total. The largest absolute Gasteiger partial charge is 0.480 e. The number of rotatable bonds is 33. The maximum Gasteiger partial charge on any atom is 0.317 e. The molecule has 3 heteroatoms. The highest BCUT2D eigenvalue weighted by molar-refractivity contribution is 6.03. The molecule has 0 radical (unpaired) electrons. The maximum atomic E-state index is 13.5. The Hall–Kier alpha value is -0.860. The topological polar surface area (TPSA) is 54.4 Å². The molecule has 0 fully saturated rings. The summed E-state index contributed by atoms with van der Waals surface area (Å²) in [5.74, 6) is -0.491. The summed E-state index contributed by atoms with van der Waals surface area (Å²) in [6.45, 7) is 8.77. The van der Waals surface area contributed by atoms with Gasteiger partial charge in [-0.05, 0) is 25.2 Å². The van der Waals surface area contributed by atoms with Gasteiger partial charge in [-0.15, -0.1) is 0 Å². The van der Waals surface area contributed by atoms with Crippen LogP contribution in [0.2, 0.25) is 0 Å². The fraction of sp³-hybridized carbons (Fsp3) is 0.947. The molecule has 0 heterocycles. The number of hydrogen-bond acceptors (Lipinski definition) is 2. The van der Waals surface area contributed by atoms with Crippen LogP contribution in [0.5, 0.6) is 0 Å². The summed E-state index contributed by atoms with van der Waals surface area (Å²) in [6, 6.07) is 0. The van der Waals surface area contributed by atoms with Crippen molar-refractivity contribution >= 4 is 11.8 Å². The van der Waals surface area contributed by atoms with E-state index in [0.29, 0.717) is 25.2 Å². The van der Waals surface area contributed by atoms with Gasteiger partial charge in [0.1, 0.15) is 11.2 Å². The van der Waals surface area contributed by atoms with Gasteiger partial charge in [0.05, 0.1) is 0 Å². The number of hydrogen-bond donors (Lipinski definition) is 1. The zero-order valence-electron chi connectivity index (χ0n) is 28.6. The standard InChI is InChI=1S/C38H74O3/c1-5-9-11-13-15-17-19-20-21-23-25-27-29-32-36(39)38(33-8-4,37(40)41)34-35(30-7-3)31-28-26-24-22-18-16-14-12-10-6-2/h35H,5-34H2,1-4H3,(H,40,41). The zero-order chi connectivity index (χ0) is 30.4. The summed E-state index contributed by atoms with van der Waals surface area (Å²) in [5, 5.41) is 10.4. The van der Waals surface area contributed by atoms with Gasteiger partial charge in [-0.2, -0.15) is 0 Å². The van der Waals surface area contributed by atoms with E-state index in [9.17, 15) is 14.7 Å². The van der Waals surface area contributed by atoms with Crippen LogP contribution in [0.3, 0.4) is 0 Å². The molecule has 0 aromatic heterocycles. The Morgan fingerprint density at radius 2 is 0.878 bits per heavy atom. The molecule has 2 unspecified atom stereocenters. The van der Waals surface area contributed by atoms with Crippen molar-refractivity contribution in [2.24, 2.45) is 11.3 Å². The SMILES string of the molecule is CCCCCCCCCCCCCCCC(=O)C(CCC)(CC(CCC)CCCCCCCCCCCC)C(=O)O. The van der Waals surface area contributed by atoms with Gasteiger partial charge >= 0.3 is 5.97 Å². The Bertz CT molecular complexity index is 586. The molecule has 0 aliphatic rings. The minimum absolute atomic E-state index is 0.0131. The van der Waals surface area contributed by atoms with E-state index < -0.39 is 11.4 Å². The van der Waals surface area contributed by atoms with Crippen LogP contribution in [-0.2, 0) is 9.59 Å². The molecular weight excluding hydrogens is 504 g/mol. The van der Waals surface area contributed by atoms with Gasteiger partial charge in [0.25, 0.3) is 0 Å². The second kappa shape index (κ2) is 29.2. The van der Waals surface area contributed by atoms with Crippen molar-refractivity contribution in [2.45, 2.75) is 220 Å². The molecule has 0 rings (SSSR count). The number of carbonyl (C=O) groups is 2. The first-order valence-corrected chi connectivity index (χ1v) is 18.7. The van der Waals surface area contributed by atoms with Crippen molar-refractivity contribution in [3.05, 3.63) is 0 Å². The van der Waals surface area contributed by atoms with E-state index in [1.165, 1.54) is 135 Å². The van der Waals surface area contributed by atoms with Crippen molar-refractivity contribution in [3.8, 4) is 0 Å². The van der Waals surface area contributed by atoms with E-state index in [2.05, 4.69) is 20.8 Å². The molecule has 41 heavy (non-hydrogen) atoms. The van der Waals surface area contributed by atoms with Crippen LogP contribution >= 0.6 is 0 Å². The molecule has 244 valence electrons. The zero-order valence-corrected chi connectivity index (χ0v) is 28.6. The molecule has 0 aliphatic heterocycles. The van der Waals surface area contributed by atoms with E-state index in [1.54, 1.807) is 0 Å². The molecule has 0 aromatic carbocycles. The highest BCUT2D eigenvalue weighted by Gasteiger charge is 2.45. The number of carboxylic acid groups (broad SMARTS) is 1. The molecular formula is C38H74O3. The smallest absolute Gasteiger partial charge is 0.317 e. The maximum absolute atomic E-state index is 13.5. The monoisotopic (exact) mass is 579 g/mol. The second-order valence-electron chi connectivity index (χ2n) is 13.4. The van der Waals surface area contributed by atoms with Crippen molar-refractivity contribution in [1.29, 1.82) is 0 Å². The molecule has 0 aromatic rings. The molecule has 0 saturated carbocycles. The van der Waals surface area contributed by atoms with Crippen LogP contribution in [0.25, 0.3) is 0 Å². The first-order chi connectivity index (χ1) is 20.0. The van der Waals surface area contributed by atoms with Crippen LogP contribution in [-0.4, -0.2) is 16.9 Å². The van der Waals surface area contributed by atoms with Crippen LogP contribution in [0, 0.1) is 11.3 Å². The number of aliphatic carboxylic acids is 1. The highest BCUT2D eigenvalue weighted by Crippen LogP contribution is 2.38. The Morgan fingerprint density at radius 3 is 1.24 bits per heavy atom. The average molecular weight is 579 g/mol. The lowest BCUT2D eigenvalue weighted by Gasteiger charge is -2.32. The summed E-state index contributed by atoms with van der Waals surface area (Å²) < 4.78 is 0. The van der Waals surface area contributed by atoms with Gasteiger partial charge < -0.3 is 5.11 Å². The van der Waals surface area contributed by atoms with Crippen molar-refractivity contribution in [2.75, 3.05) is 0 Å². The summed E-state index contributed by atoms with van der Waals surface area (Å²) >= 11 is 0. The highest BCUT2D eigenvalue weighted by atomic mass is 16.4. The van der Waals surface area contributed by atoms with Crippen LogP contribution < -0.4 is 0 Å². The molecule has 0 amide bonds. The van der Waals surface area contributed by atoms with Crippen molar-refractivity contribution in [3.63, 3.8) is 0 Å². The minimum atomic E-state index is -1.16. The Balaban J connectivity index is 4.43. The van der Waals surface area contributed by atoms with Crippen molar-refractivity contribution in [1.82, 2.24) is 0 Å². The Labute approximate surface area is 257 Å². The minimum Gasteiger partial charge on any atom is -0.480 e. The number of unbranched alkanes of at least 4 members (excludes halogenated alkanes) is 21. The van der Waals surface area contributed by atoms with Gasteiger partial charge in [0, 0.05) is 6.42 Å². The molecule has 0 bridgehead atoms. The van der Waals surface area contributed by atoms with Gasteiger partial charge in [-0.1, -0.05) is 195 Å². The molecule has 0 saturated heterocycles. The second-order valence-corrected chi connectivity index (χ2v) is 13.4. The van der Waals surface area contributed by atoms with E-state index in [4.69, 9.17) is 0 Å². The van der Waals surface area contributed by atoms with Crippen LogP contribution in [0.4, 0.5) is 0 Å². The van der Waals surface area contributed by atoms with Gasteiger partial charge in [0.15, 0.2) is 0 Å². The third-order valence-corrected chi connectivity index (χ3v) is 9.43. The number of Topliss-reactive ketones (excluding diaryl/α,β-unsaturated/α-hetero) is 1. The number of carboxylic acids is 1. The molecule has 0 aliphatic carbocycles. The Kier molecular flexibility index (Phi) is 28.6. The molecule has 3 nitrogen and oxygen atoms in total. The van der Waals surface area contributed by atoms with Crippen LogP contribution in [0.15, 0.2) is 0 Å². The van der Waals surface area contributed by atoms with Gasteiger partial charge in [-0.25, -0.2) is 0 Å². The first kappa shape index (κ1) is 40.1. The summed E-state index contributed by atoms with van der Waals surface area (Å²) in [7, 11) is 0. The average Bonchev–Trinajstić information content (AvgIpc) is 2.95. The predicted octanol–water partition coefficient (Wildman–Crippen LogP) is 13.0. The third kappa shape index (κ3) is 21.5. The predicted molar refractivity (Wildman–Crippen MR) is 180 cm³/mol. The Morgan fingerprint density at radius 1 is 0.488 bits per heavy atom. The fourth-order valence-corrected chi connectivity index (χ4v) is 6.81. The summed E-state index contributed by atoms with van der Waals surface area (Å²) in [6.07, 6.45) is 35.3. The number of carbonyl (C=O) groups excluding carboxylic acids is 1. The van der Waals surface area contributed by atoms with Gasteiger partial charge in [-0.3, -0.25) is 9.59 Å². The summed E-state index contributed by atoms with van der Waals surface area (Å²) in [4.78, 5) is 26.1. The van der Waals surface area contributed by atoms with E-state index in [1.807, 2.05) is 6.92 Å². The fourth-order valence-electron chi connectivity index (χ4n) is 6.81. The third-order valence-electron chi connectivity index (χ3n) is 9.43. The quantitative estimate of drug-likeness (QED) is 0.0622. The normalized spacial score (nSPS) is 13.8. The summed E-state index contributed by atoms with van der Waals surface area (Å²) in [5.41, 5.74) is -1.16. The van der Waals surface area contributed by atoms with Crippen molar-refractivity contribution < 1.29 is 14.7 Å². The molecule has 0 spiro atoms. The van der Waals surface area contributed by atoms with Crippen LogP contribution in [0.1, 0.15) is 220 Å². The lowest BCUT2D eigenvalue weighted by Crippen LogP contribution is -2.41. The van der Waals surface area contributed by atoms with E-state index >= 15 is 0 Å². The van der Waals surface area contributed by atoms with E-state index in [-0.39, 0.29) is 5.78 Å². The van der Waals surface area contributed by atoms with E-state index in [0.717, 1.165) is 38.5 Å². The van der Waals surface area contributed by atoms with Gasteiger partial charge in [0.2, 0.25) is 0 Å². The molecule has 2 atom stereocenters. The number of ketones is 1. The lowest BCUT2D eigenvalue weighted by atomic mass is 9.69.